The minimum Gasteiger partial charge on any atom is -0.373 e. The molecule has 2 aromatic carbocycles. The summed E-state index contributed by atoms with van der Waals surface area (Å²) in [4.78, 5) is 4.87. The van der Waals surface area contributed by atoms with Crippen LogP contribution in [-0.4, -0.2) is 49.1 Å². The Bertz CT molecular complexity index is 763. The molecule has 1 aliphatic carbocycles. The number of rotatable bonds is 6. The minimum absolute atomic E-state index is 0.169. The molecule has 150 valence electrons. The van der Waals surface area contributed by atoms with Crippen LogP contribution in [0.1, 0.15) is 36.8 Å². The van der Waals surface area contributed by atoms with Crippen molar-refractivity contribution in [2.75, 3.05) is 33.2 Å². The lowest BCUT2D eigenvalue weighted by molar-refractivity contribution is 0.0441. The van der Waals surface area contributed by atoms with Crippen molar-refractivity contribution in [2.45, 2.75) is 44.9 Å². The average molecular weight is 383 g/mol. The van der Waals surface area contributed by atoms with Crippen LogP contribution in [0.5, 0.6) is 0 Å². The third-order valence-corrected chi connectivity index (χ3v) is 6.12. The number of nitrogens with zero attached hydrogens (tertiary/aromatic N) is 2. The Hall–Kier alpha value is -1.75. The van der Waals surface area contributed by atoms with Crippen LogP contribution in [0, 0.1) is 5.82 Å². The van der Waals surface area contributed by atoms with E-state index in [-0.39, 0.29) is 5.82 Å². The molecule has 0 radical (unpaired) electrons. The fraction of sp³-hybridized carbons (Fsp3) is 0.500. The molecule has 0 bridgehead atoms. The molecule has 1 heterocycles. The van der Waals surface area contributed by atoms with Crippen LogP contribution in [0.15, 0.2) is 42.5 Å². The molecule has 2 aliphatic rings. The standard InChI is InChI=1S/C24H31FN2O/c1-26-12-14-27(15-13-26)17-19-6-8-20(9-7-19)21-10-11-22(24(25)16-21)18-28-23-4-2-3-5-23/h6-11,16,23H,2-5,12-15,17-18H2,1H3. The van der Waals surface area contributed by atoms with E-state index in [0.717, 1.165) is 56.7 Å². The number of likely N-dealkylation sites (N-methyl/N-ethyl adjacent to an activating group) is 1. The van der Waals surface area contributed by atoms with Gasteiger partial charge in [-0.25, -0.2) is 4.39 Å². The van der Waals surface area contributed by atoms with Gasteiger partial charge in [-0.15, -0.1) is 0 Å². The summed E-state index contributed by atoms with van der Waals surface area (Å²) in [5.41, 5.74) is 3.95. The largest absolute Gasteiger partial charge is 0.373 e. The maximum Gasteiger partial charge on any atom is 0.129 e. The molecule has 0 amide bonds. The van der Waals surface area contributed by atoms with Crippen LogP contribution in [-0.2, 0) is 17.9 Å². The maximum absolute atomic E-state index is 14.5. The molecule has 0 atom stereocenters. The highest BCUT2D eigenvalue weighted by molar-refractivity contribution is 5.64. The summed E-state index contributed by atoms with van der Waals surface area (Å²) in [5, 5.41) is 0. The zero-order valence-corrected chi connectivity index (χ0v) is 16.9. The molecule has 0 unspecified atom stereocenters. The Morgan fingerprint density at radius 1 is 0.929 bits per heavy atom. The zero-order chi connectivity index (χ0) is 19.3. The van der Waals surface area contributed by atoms with Gasteiger partial charge in [-0.1, -0.05) is 49.2 Å². The molecule has 0 spiro atoms. The van der Waals surface area contributed by atoms with E-state index in [0.29, 0.717) is 18.3 Å². The maximum atomic E-state index is 14.5. The molecule has 4 heteroatoms. The lowest BCUT2D eigenvalue weighted by Crippen LogP contribution is -2.43. The zero-order valence-electron chi connectivity index (χ0n) is 16.9. The van der Waals surface area contributed by atoms with E-state index in [1.807, 2.05) is 12.1 Å². The third kappa shape index (κ3) is 4.99. The van der Waals surface area contributed by atoms with Crippen molar-refractivity contribution in [1.82, 2.24) is 9.80 Å². The van der Waals surface area contributed by atoms with Crippen molar-refractivity contribution in [2.24, 2.45) is 0 Å². The van der Waals surface area contributed by atoms with Crippen molar-refractivity contribution >= 4 is 0 Å². The fourth-order valence-corrected chi connectivity index (χ4v) is 4.17. The Morgan fingerprint density at radius 2 is 1.61 bits per heavy atom. The Balaban J connectivity index is 1.36. The molecule has 0 N–H and O–H groups in total. The topological polar surface area (TPSA) is 15.7 Å². The van der Waals surface area contributed by atoms with Gasteiger partial charge in [0.1, 0.15) is 5.82 Å². The molecule has 1 saturated heterocycles. The highest BCUT2D eigenvalue weighted by Crippen LogP contribution is 2.25. The summed E-state index contributed by atoms with van der Waals surface area (Å²) in [6.07, 6.45) is 5.00. The summed E-state index contributed by atoms with van der Waals surface area (Å²) in [5.74, 6) is -0.169. The lowest BCUT2D eigenvalue weighted by Gasteiger charge is -2.32. The predicted molar refractivity (Wildman–Crippen MR) is 112 cm³/mol. The second-order valence-electron chi connectivity index (χ2n) is 8.30. The van der Waals surface area contributed by atoms with Gasteiger partial charge < -0.3 is 9.64 Å². The number of benzene rings is 2. The van der Waals surface area contributed by atoms with Gasteiger partial charge in [-0.2, -0.15) is 0 Å². The van der Waals surface area contributed by atoms with Crippen LogP contribution in [0.4, 0.5) is 4.39 Å². The SMILES string of the molecule is CN1CCN(Cc2ccc(-c3ccc(COC4CCCC4)c(F)c3)cc2)CC1. The second kappa shape index (κ2) is 9.17. The number of ether oxygens (including phenoxy) is 1. The van der Waals surface area contributed by atoms with Crippen LogP contribution in [0.3, 0.4) is 0 Å². The van der Waals surface area contributed by atoms with Crippen molar-refractivity contribution in [3.63, 3.8) is 0 Å². The van der Waals surface area contributed by atoms with Crippen LogP contribution >= 0.6 is 0 Å². The van der Waals surface area contributed by atoms with E-state index in [4.69, 9.17) is 4.74 Å². The van der Waals surface area contributed by atoms with Crippen LogP contribution in [0.25, 0.3) is 11.1 Å². The van der Waals surface area contributed by atoms with Crippen molar-refractivity contribution in [3.05, 3.63) is 59.4 Å². The molecular weight excluding hydrogens is 351 g/mol. The first kappa shape index (κ1) is 19.6. The first-order chi connectivity index (χ1) is 13.7. The van der Waals surface area contributed by atoms with Gasteiger partial charge >= 0.3 is 0 Å². The summed E-state index contributed by atoms with van der Waals surface area (Å²) in [6, 6.07) is 14.1. The first-order valence-electron chi connectivity index (χ1n) is 10.6. The van der Waals surface area contributed by atoms with E-state index in [9.17, 15) is 4.39 Å². The van der Waals surface area contributed by atoms with Gasteiger partial charge in [0.05, 0.1) is 12.7 Å². The van der Waals surface area contributed by atoms with Gasteiger partial charge in [0, 0.05) is 38.3 Å². The molecule has 3 nitrogen and oxygen atoms in total. The summed E-state index contributed by atoms with van der Waals surface area (Å²) < 4.78 is 20.4. The monoisotopic (exact) mass is 382 g/mol. The van der Waals surface area contributed by atoms with Crippen molar-refractivity contribution in [1.29, 1.82) is 0 Å². The van der Waals surface area contributed by atoms with Gasteiger partial charge in [-0.3, -0.25) is 4.90 Å². The summed E-state index contributed by atoms with van der Waals surface area (Å²) in [7, 11) is 2.18. The predicted octanol–water partition coefficient (Wildman–Crippen LogP) is 4.70. The van der Waals surface area contributed by atoms with E-state index in [1.54, 1.807) is 6.07 Å². The average Bonchev–Trinajstić information content (AvgIpc) is 3.23. The first-order valence-corrected chi connectivity index (χ1v) is 10.6. The number of halogens is 1. The number of piperazine rings is 1. The van der Waals surface area contributed by atoms with Gasteiger partial charge in [-0.05, 0) is 42.6 Å². The smallest absolute Gasteiger partial charge is 0.129 e. The van der Waals surface area contributed by atoms with E-state index < -0.39 is 0 Å². The molecule has 4 rings (SSSR count). The molecule has 0 aromatic heterocycles. The molecular formula is C24H31FN2O. The van der Waals surface area contributed by atoms with Gasteiger partial charge in [0.15, 0.2) is 0 Å². The van der Waals surface area contributed by atoms with Crippen LogP contribution in [0.2, 0.25) is 0 Å². The highest BCUT2D eigenvalue weighted by atomic mass is 19.1. The molecule has 28 heavy (non-hydrogen) atoms. The molecule has 2 fully saturated rings. The van der Waals surface area contributed by atoms with Gasteiger partial charge in [0.2, 0.25) is 0 Å². The van der Waals surface area contributed by atoms with Crippen molar-refractivity contribution in [3.8, 4) is 11.1 Å². The highest BCUT2D eigenvalue weighted by Gasteiger charge is 2.16. The van der Waals surface area contributed by atoms with E-state index in [2.05, 4.69) is 41.1 Å². The molecule has 2 aromatic rings. The third-order valence-electron chi connectivity index (χ3n) is 6.12. The quantitative estimate of drug-likeness (QED) is 0.720. The van der Waals surface area contributed by atoms with Crippen LogP contribution < -0.4 is 0 Å². The number of hydrogen-bond acceptors (Lipinski definition) is 3. The Labute approximate surface area is 168 Å². The Morgan fingerprint density at radius 3 is 2.29 bits per heavy atom. The second-order valence-corrected chi connectivity index (χ2v) is 8.30. The fourth-order valence-electron chi connectivity index (χ4n) is 4.17. The van der Waals surface area contributed by atoms with Gasteiger partial charge in [0.25, 0.3) is 0 Å². The normalized spacial score (nSPS) is 19.4. The molecule has 1 aliphatic heterocycles. The van der Waals surface area contributed by atoms with E-state index >= 15 is 0 Å². The van der Waals surface area contributed by atoms with E-state index in [1.165, 1.54) is 18.4 Å². The minimum atomic E-state index is -0.169. The molecule has 1 saturated carbocycles. The number of hydrogen-bond donors (Lipinski definition) is 0. The lowest BCUT2D eigenvalue weighted by atomic mass is 10.0. The van der Waals surface area contributed by atoms with Crippen molar-refractivity contribution < 1.29 is 9.13 Å². The summed E-state index contributed by atoms with van der Waals surface area (Å²) >= 11 is 0. The summed E-state index contributed by atoms with van der Waals surface area (Å²) in [6.45, 7) is 5.87. The Kier molecular flexibility index (Phi) is 6.40.